The van der Waals surface area contributed by atoms with E-state index >= 15 is 0 Å². The van der Waals surface area contributed by atoms with Crippen LogP contribution in [0, 0.1) is 12.8 Å². The van der Waals surface area contributed by atoms with Crippen LogP contribution in [0.3, 0.4) is 0 Å². The molecule has 0 unspecified atom stereocenters. The zero-order valence-electron chi connectivity index (χ0n) is 20.5. The lowest BCUT2D eigenvalue weighted by atomic mass is 9.99. The molecular weight excluding hydrogens is 495 g/mol. The van der Waals surface area contributed by atoms with Gasteiger partial charge in [-0.25, -0.2) is 15.1 Å². The van der Waals surface area contributed by atoms with Crippen molar-refractivity contribution in [1.29, 1.82) is 0 Å². The normalized spacial score (nSPS) is 19.2. The Morgan fingerprint density at radius 3 is 2.62 bits per heavy atom. The van der Waals surface area contributed by atoms with Crippen molar-refractivity contribution in [3.05, 3.63) is 40.1 Å². The molecule has 0 aliphatic carbocycles. The summed E-state index contributed by atoms with van der Waals surface area (Å²) in [6, 6.07) is -0.104. The largest absolute Gasteiger partial charge is 0.419 e. The van der Waals surface area contributed by atoms with E-state index in [1.807, 2.05) is 0 Å². The summed E-state index contributed by atoms with van der Waals surface area (Å²) in [5.41, 5.74) is 0.0141. The fourth-order valence-corrected chi connectivity index (χ4v) is 4.28. The van der Waals surface area contributed by atoms with Crippen LogP contribution in [0.15, 0.2) is 23.4 Å². The van der Waals surface area contributed by atoms with Gasteiger partial charge in [-0.15, -0.1) is 0 Å². The van der Waals surface area contributed by atoms with Gasteiger partial charge in [-0.3, -0.25) is 9.59 Å². The summed E-state index contributed by atoms with van der Waals surface area (Å²) in [6.45, 7) is 5.23. The minimum Gasteiger partial charge on any atom is -0.381 e. The molecule has 0 radical (unpaired) electrons. The molecule has 37 heavy (non-hydrogen) atoms. The highest BCUT2D eigenvalue weighted by molar-refractivity contribution is 5.76. The third kappa shape index (κ3) is 6.95. The van der Waals surface area contributed by atoms with Crippen LogP contribution in [0.2, 0.25) is 0 Å². The van der Waals surface area contributed by atoms with E-state index in [2.05, 4.69) is 25.5 Å². The number of amides is 1. The predicted molar refractivity (Wildman–Crippen MR) is 127 cm³/mol. The maximum atomic E-state index is 12.7. The number of rotatable bonds is 9. The highest BCUT2D eigenvalue weighted by Gasteiger charge is 2.32. The maximum Gasteiger partial charge on any atom is 0.419 e. The quantitative estimate of drug-likeness (QED) is 0.468. The van der Waals surface area contributed by atoms with Crippen molar-refractivity contribution in [2.45, 2.75) is 32.0 Å². The van der Waals surface area contributed by atoms with Gasteiger partial charge >= 0.3 is 6.18 Å². The molecule has 1 amide bonds. The number of carbonyl (C=O) groups is 1. The second-order valence-electron chi connectivity index (χ2n) is 9.07. The van der Waals surface area contributed by atoms with Gasteiger partial charge in [0.2, 0.25) is 11.9 Å². The van der Waals surface area contributed by atoms with Gasteiger partial charge in [0.25, 0.3) is 5.56 Å². The molecule has 4 rings (SSSR count). The topological polar surface area (TPSA) is 126 Å². The molecule has 11 nitrogen and oxygen atoms in total. The third-order valence-corrected chi connectivity index (χ3v) is 6.62. The molecular formula is C23H30F3N7O4. The SMILES string of the molecule is Cc1c(N[C@H](COCCC(=O)N2CCN(c3ncc(C(F)(F)F)cn3)CC2)[C@H]2CCOC2)cn[nH]c1=O. The number of piperazine rings is 1. The van der Waals surface area contributed by atoms with Gasteiger partial charge in [-0.2, -0.15) is 18.3 Å². The van der Waals surface area contributed by atoms with Crippen molar-refractivity contribution >= 4 is 17.5 Å². The highest BCUT2D eigenvalue weighted by atomic mass is 19.4. The Balaban J connectivity index is 1.22. The molecule has 0 bridgehead atoms. The van der Waals surface area contributed by atoms with Crippen molar-refractivity contribution < 1.29 is 27.4 Å². The van der Waals surface area contributed by atoms with Crippen LogP contribution in [0.1, 0.15) is 24.0 Å². The summed E-state index contributed by atoms with van der Waals surface area (Å²) in [6.07, 6.45) is -0.309. The molecule has 2 aromatic rings. The minimum atomic E-state index is -4.48. The first kappa shape index (κ1) is 26.8. The van der Waals surface area contributed by atoms with Crippen LogP contribution in [0.25, 0.3) is 0 Å². The number of aromatic nitrogens is 4. The van der Waals surface area contributed by atoms with Crippen molar-refractivity contribution in [1.82, 2.24) is 25.1 Å². The highest BCUT2D eigenvalue weighted by Crippen LogP contribution is 2.28. The number of nitrogens with zero attached hydrogens (tertiary/aromatic N) is 5. The first-order valence-electron chi connectivity index (χ1n) is 12.1. The van der Waals surface area contributed by atoms with Gasteiger partial charge < -0.3 is 24.6 Å². The number of nitrogens with one attached hydrogen (secondary N) is 2. The van der Waals surface area contributed by atoms with E-state index in [1.54, 1.807) is 22.9 Å². The van der Waals surface area contributed by atoms with Crippen LogP contribution >= 0.6 is 0 Å². The fraction of sp³-hybridized carbons (Fsp3) is 0.609. The molecule has 14 heteroatoms. The predicted octanol–water partition coefficient (Wildman–Crippen LogP) is 1.46. The van der Waals surface area contributed by atoms with E-state index in [1.165, 1.54) is 0 Å². The Morgan fingerprint density at radius 2 is 1.97 bits per heavy atom. The maximum absolute atomic E-state index is 12.7. The average Bonchev–Trinajstić information content (AvgIpc) is 3.43. The van der Waals surface area contributed by atoms with E-state index in [-0.39, 0.29) is 42.4 Å². The molecule has 2 aliphatic heterocycles. The first-order chi connectivity index (χ1) is 17.7. The molecule has 0 aromatic carbocycles. The summed E-state index contributed by atoms with van der Waals surface area (Å²) >= 11 is 0. The van der Waals surface area contributed by atoms with Crippen molar-refractivity contribution in [3.63, 3.8) is 0 Å². The Labute approximate surface area is 211 Å². The van der Waals surface area contributed by atoms with Crippen LogP contribution in [-0.4, -0.2) is 89.6 Å². The Bertz CT molecular complexity index is 1100. The summed E-state index contributed by atoms with van der Waals surface area (Å²) in [4.78, 5) is 35.6. The Hall–Kier alpha value is -3.26. The van der Waals surface area contributed by atoms with Crippen molar-refractivity contribution in [3.8, 4) is 0 Å². The molecule has 4 heterocycles. The first-order valence-corrected chi connectivity index (χ1v) is 12.1. The minimum absolute atomic E-state index is 0.0589. The number of aromatic amines is 1. The van der Waals surface area contributed by atoms with Gasteiger partial charge in [0.1, 0.15) is 0 Å². The lowest BCUT2D eigenvalue weighted by molar-refractivity contribution is -0.138. The Morgan fingerprint density at radius 1 is 1.24 bits per heavy atom. The monoisotopic (exact) mass is 525 g/mol. The van der Waals surface area contributed by atoms with E-state index < -0.39 is 11.7 Å². The summed E-state index contributed by atoms with van der Waals surface area (Å²) < 4.78 is 49.5. The summed E-state index contributed by atoms with van der Waals surface area (Å²) in [7, 11) is 0. The molecule has 2 atom stereocenters. The van der Waals surface area contributed by atoms with Gasteiger partial charge in [0.05, 0.1) is 49.7 Å². The molecule has 2 fully saturated rings. The molecule has 2 aliphatic rings. The lowest BCUT2D eigenvalue weighted by Crippen LogP contribution is -2.49. The molecule has 2 N–H and O–H groups in total. The number of anilines is 2. The second kappa shape index (κ2) is 11.9. The van der Waals surface area contributed by atoms with Gasteiger partial charge in [0, 0.05) is 56.7 Å². The van der Waals surface area contributed by atoms with Crippen LogP contribution < -0.4 is 15.8 Å². The summed E-state index contributed by atoms with van der Waals surface area (Å²) in [5, 5.41) is 9.61. The van der Waals surface area contributed by atoms with Crippen LogP contribution in [-0.2, 0) is 20.4 Å². The third-order valence-electron chi connectivity index (χ3n) is 6.62. The van der Waals surface area contributed by atoms with Crippen LogP contribution in [0.5, 0.6) is 0 Å². The lowest BCUT2D eigenvalue weighted by Gasteiger charge is -2.34. The number of hydrogen-bond donors (Lipinski definition) is 2. The number of carbonyl (C=O) groups excluding carboxylic acids is 1. The van der Waals surface area contributed by atoms with Crippen molar-refractivity contribution in [2.24, 2.45) is 5.92 Å². The molecule has 0 spiro atoms. The van der Waals surface area contributed by atoms with E-state index in [0.717, 1.165) is 18.8 Å². The van der Waals surface area contributed by atoms with E-state index in [0.29, 0.717) is 57.3 Å². The van der Waals surface area contributed by atoms with E-state index in [9.17, 15) is 22.8 Å². The van der Waals surface area contributed by atoms with Crippen molar-refractivity contribution in [2.75, 3.05) is 62.8 Å². The fourth-order valence-electron chi connectivity index (χ4n) is 4.28. The Kier molecular flexibility index (Phi) is 8.59. The van der Waals surface area contributed by atoms with Gasteiger partial charge in [-0.05, 0) is 13.3 Å². The summed E-state index contributed by atoms with van der Waals surface area (Å²) in [5.74, 6) is 0.356. The number of hydrogen-bond acceptors (Lipinski definition) is 9. The van der Waals surface area contributed by atoms with Gasteiger partial charge in [0.15, 0.2) is 0 Å². The molecule has 0 saturated carbocycles. The number of H-pyrrole nitrogens is 1. The standard InChI is InChI=1S/C23H30F3N7O4/c1-15-18(12-29-31-21(15)35)30-19(16-2-8-36-13-16)14-37-9-3-20(34)32-4-6-33(7-5-32)22-27-10-17(11-28-22)23(24,25)26/h10-12,16,19H,2-9,13-14H2,1H3,(H2,30,31,35)/t16-,19+/m0/s1. The zero-order valence-corrected chi connectivity index (χ0v) is 20.5. The number of halogens is 3. The molecule has 2 aromatic heterocycles. The number of ether oxygens (including phenoxy) is 2. The molecule has 202 valence electrons. The number of alkyl halides is 3. The molecule has 2 saturated heterocycles. The second-order valence-corrected chi connectivity index (χ2v) is 9.07. The van der Waals surface area contributed by atoms with E-state index in [4.69, 9.17) is 9.47 Å². The van der Waals surface area contributed by atoms with Gasteiger partial charge in [-0.1, -0.05) is 0 Å². The van der Waals surface area contributed by atoms with Crippen LogP contribution in [0.4, 0.5) is 24.8 Å². The average molecular weight is 526 g/mol. The zero-order chi connectivity index (χ0) is 26.4. The smallest absolute Gasteiger partial charge is 0.381 e.